The first kappa shape index (κ1) is 14.3. The van der Waals surface area contributed by atoms with E-state index in [0.29, 0.717) is 19.8 Å². The van der Waals surface area contributed by atoms with Crippen molar-refractivity contribution in [3.05, 3.63) is 18.6 Å². The van der Waals surface area contributed by atoms with E-state index in [4.69, 9.17) is 4.74 Å². The van der Waals surface area contributed by atoms with Gasteiger partial charge in [-0.05, 0) is 19.8 Å². The summed E-state index contributed by atoms with van der Waals surface area (Å²) < 4.78 is 5.42. The SMILES string of the molecule is C[C@H]1COCCN1C(=O)[C@H]1CCCN(c2cnccn2)C1. The molecule has 1 amide bonds. The van der Waals surface area contributed by atoms with E-state index < -0.39 is 0 Å². The van der Waals surface area contributed by atoms with Gasteiger partial charge in [0.2, 0.25) is 5.91 Å². The average Bonchev–Trinajstić information content (AvgIpc) is 2.56. The molecule has 21 heavy (non-hydrogen) atoms. The number of hydrogen-bond donors (Lipinski definition) is 0. The van der Waals surface area contributed by atoms with Crippen LogP contribution in [0.4, 0.5) is 5.82 Å². The Morgan fingerprint density at radius 1 is 1.38 bits per heavy atom. The summed E-state index contributed by atoms with van der Waals surface area (Å²) in [5.41, 5.74) is 0. The van der Waals surface area contributed by atoms with Crippen molar-refractivity contribution in [2.75, 3.05) is 37.7 Å². The lowest BCUT2D eigenvalue weighted by molar-refractivity contribution is -0.143. The summed E-state index contributed by atoms with van der Waals surface area (Å²) in [5, 5.41) is 0. The molecule has 114 valence electrons. The summed E-state index contributed by atoms with van der Waals surface area (Å²) in [5.74, 6) is 1.19. The zero-order valence-electron chi connectivity index (χ0n) is 12.4. The molecule has 6 heteroatoms. The van der Waals surface area contributed by atoms with Gasteiger partial charge in [-0.15, -0.1) is 0 Å². The number of ether oxygens (including phenoxy) is 1. The third kappa shape index (κ3) is 3.15. The number of hydrogen-bond acceptors (Lipinski definition) is 5. The molecule has 6 nitrogen and oxygen atoms in total. The van der Waals surface area contributed by atoms with Gasteiger partial charge in [0.25, 0.3) is 0 Å². The van der Waals surface area contributed by atoms with Crippen molar-refractivity contribution in [3.63, 3.8) is 0 Å². The number of carbonyl (C=O) groups excluding carboxylic acids is 1. The van der Waals surface area contributed by atoms with E-state index >= 15 is 0 Å². The number of aromatic nitrogens is 2. The monoisotopic (exact) mass is 290 g/mol. The van der Waals surface area contributed by atoms with Crippen molar-refractivity contribution in [3.8, 4) is 0 Å². The number of anilines is 1. The molecule has 3 heterocycles. The van der Waals surface area contributed by atoms with E-state index in [1.807, 2.05) is 4.90 Å². The van der Waals surface area contributed by atoms with Gasteiger partial charge in [0, 0.05) is 32.0 Å². The topological polar surface area (TPSA) is 58.6 Å². The molecule has 1 aromatic rings. The molecular formula is C15H22N4O2. The largest absolute Gasteiger partial charge is 0.377 e. The van der Waals surface area contributed by atoms with E-state index in [1.165, 1.54) is 0 Å². The molecule has 2 atom stereocenters. The second kappa shape index (κ2) is 6.39. The van der Waals surface area contributed by atoms with Gasteiger partial charge in [-0.2, -0.15) is 0 Å². The van der Waals surface area contributed by atoms with Gasteiger partial charge in [0.05, 0.1) is 31.4 Å². The van der Waals surface area contributed by atoms with E-state index in [9.17, 15) is 4.79 Å². The summed E-state index contributed by atoms with van der Waals surface area (Å²) in [6.07, 6.45) is 7.12. The molecule has 0 unspecified atom stereocenters. The molecule has 0 bridgehead atoms. The first-order chi connectivity index (χ1) is 10.3. The maximum atomic E-state index is 12.7. The third-order valence-corrected chi connectivity index (χ3v) is 4.29. The van der Waals surface area contributed by atoms with Crippen LogP contribution in [0.25, 0.3) is 0 Å². The van der Waals surface area contributed by atoms with Gasteiger partial charge in [-0.25, -0.2) is 4.98 Å². The molecule has 1 aromatic heterocycles. The van der Waals surface area contributed by atoms with E-state index in [2.05, 4.69) is 21.8 Å². The Morgan fingerprint density at radius 3 is 3.05 bits per heavy atom. The molecule has 0 aromatic carbocycles. The predicted molar refractivity (Wildman–Crippen MR) is 79.0 cm³/mol. The summed E-state index contributed by atoms with van der Waals surface area (Å²) in [6, 6.07) is 0.179. The Bertz CT molecular complexity index is 482. The normalized spacial score (nSPS) is 26.7. The minimum absolute atomic E-state index is 0.0568. The fourth-order valence-corrected chi connectivity index (χ4v) is 3.13. The van der Waals surface area contributed by atoms with Crippen LogP contribution in [0.5, 0.6) is 0 Å². The Balaban J connectivity index is 1.67. The van der Waals surface area contributed by atoms with Gasteiger partial charge < -0.3 is 14.5 Å². The van der Waals surface area contributed by atoms with Crippen LogP contribution >= 0.6 is 0 Å². The minimum atomic E-state index is 0.0568. The van der Waals surface area contributed by atoms with Crippen molar-refractivity contribution in [1.29, 1.82) is 0 Å². The van der Waals surface area contributed by atoms with Gasteiger partial charge in [0.1, 0.15) is 5.82 Å². The predicted octanol–water partition coefficient (Wildman–Crippen LogP) is 0.940. The first-order valence-electron chi connectivity index (χ1n) is 7.65. The van der Waals surface area contributed by atoms with Gasteiger partial charge >= 0.3 is 0 Å². The molecule has 0 radical (unpaired) electrons. The molecule has 0 spiro atoms. The second-order valence-electron chi connectivity index (χ2n) is 5.80. The third-order valence-electron chi connectivity index (χ3n) is 4.29. The van der Waals surface area contributed by atoms with Crippen LogP contribution in [0.15, 0.2) is 18.6 Å². The van der Waals surface area contributed by atoms with Crippen molar-refractivity contribution >= 4 is 11.7 Å². The maximum absolute atomic E-state index is 12.7. The molecule has 2 aliphatic rings. The number of rotatable bonds is 2. The molecule has 0 saturated carbocycles. The number of piperidine rings is 1. The Kier molecular flexibility index (Phi) is 4.34. The van der Waals surface area contributed by atoms with E-state index in [-0.39, 0.29) is 17.9 Å². The lowest BCUT2D eigenvalue weighted by Crippen LogP contribution is -2.52. The average molecular weight is 290 g/mol. The fourth-order valence-electron chi connectivity index (χ4n) is 3.13. The molecule has 0 aliphatic carbocycles. The van der Waals surface area contributed by atoms with Crippen LogP contribution in [-0.2, 0) is 9.53 Å². The van der Waals surface area contributed by atoms with Gasteiger partial charge in [-0.3, -0.25) is 9.78 Å². The lowest BCUT2D eigenvalue weighted by Gasteiger charge is -2.39. The summed E-state index contributed by atoms with van der Waals surface area (Å²) >= 11 is 0. The van der Waals surface area contributed by atoms with E-state index in [0.717, 1.165) is 31.7 Å². The first-order valence-corrected chi connectivity index (χ1v) is 7.65. The molecule has 2 saturated heterocycles. The zero-order chi connectivity index (χ0) is 14.7. The van der Waals surface area contributed by atoms with Gasteiger partial charge in [-0.1, -0.05) is 0 Å². The zero-order valence-corrected chi connectivity index (χ0v) is 12.4. The molecule has 2 aliphatic heterocycles. The molecule has 2 fully saturated rings. The quantitative estimate of drug-likeness (QED) is 0.811. The number of carbonyl (C=O) groups is 1. The van der Waals surface area contributed by atoms with Crippen LogP contribution in [-0.4, -0.2) is 59.7 Å². The standard InChI is InChI=1S/C15H22N4O2/c1-12-11-21-8-7-19(12)15(20)13-3-2-6-18(10-13)14-9-16-4-5-17-14/h4-5,9,12-13H,2-3,6-8,10-11H2,1H3/t12-,13-/m0/s1. The smallest absolute Gasteiger partial charge is 0.227 e. The Labute approximate surface area is 125 Å². The highest BCUT2D eigenvalue weighted by molar-refractivity contribution is 5.80. The number of amides is 1. The van der Waals surface area contributed by atoms with Crippen LogP contribution in [0.2, 0.25) is 0 Å². The second-order valence-corrected chi connectivity index (χ2v) is 5.80. The van der Waals surface area contributed by atoms with Crippen molar-refractivity contribution in [1.82, 2.24) is 14.9 Å². The number of morpholine rings is 1. The van der Waals surface area contributed by atoms with Crippen LogP contribution in [0.1, 0.15) is 19.8 Å². The highest BCUT2D eigenvalue weighted by atomic mass is 16.5. The maximum Gasteiger partial charge on any atom is 0.227 e. The number of nitrogens with zero attached hydrogens (tertiary/aromatic N) is 4. The van der Waals surface area contributed by atoms with Crippen molar-refractivity contribution in [2.24, 2.45) is 5.92 Å². The Hall–Kier alpha value is -1.69. The highest BCUT2D eigenvalue weighted by Gasteiger charge is 2.33. The highest BCUT2D eigenvalue weighted by Crippen LogP contribution is 2.23. The summed E-state index contributed by atoms with van der Waals surface area (Å²) in [6.45, 7) is 5.74. The van der Waals surface area contributed by atoms with Crippen molar-refractivity contribution in [2.45, 2.75) is 25.8 Å². The minimum Gasteiger partial charge on any atom is -0.377 e. The molecule has 3 rings (SSSR count). The van der Waals surface area contributed by atoms with Crippen molar-refractivity contribution < 1.29 is 9.53 Å². The Morgan fingerprint density at radius 2 is 2.29 bits per heavy atom. The molecule has 0 N–H and O–H groups in total. The summed E-state index contributed by atoms with van der Waals surface area (Å²) in [7, 11) is 0. The fraction of sp³-hybridized carbons (Fsp3) is 0.667. The van der Waals surface area contributed by atoms with Crippen LogP contribution in [0, 0.1) is 5.92 Å². The summed E-state index contributed by atoms with van der Waals surface area (Å²) in [4.78, 5) is 25.4. The van der Waals surface area contributed by atoms with E-state index in [1.54, 1.807) is 18.6 Å². The van der Waals surface area contributed by atoms with Crippen LogP contribution < -0.4 is 4.90 Å². The molecular weight excluding hydrogens is 268 g/mol. The van der Waals surface area contributed by atoms with Gasteiger partial charge in [0.15, 0.2) is 0 Å². The lowest BCUT2D eigenvalue weighted by atomic mass is 9.95. The van der Waals surface area contributed by atoms with Crippen LogP contribution in [0.3, 0.4) is 0 Å².